The van der Waals surface area contributed by atoms with E-state index in [9.17, 15) is 15.3 Å². The van der Waals surface area contributed by atoms with E-state index < -0.39 is 5.54 Å². The van der Waals surface area contributed by atoms with Crippen LogP contribution in [-0.2, 0) is 12.8 Å². The topological polar surface area (TPSA) is 98.5 Å². The van der Waals surface area contributed by atoms with Gasteiger partial charge in [-0.3, -0.25) is 0 Å². The van der Waals surface area contributed by atoms with E-state index in [0.29, 0.717) is 5.82 Å². The molecule has 0 aliphatic heterocycles. The average Bonchev–Trinajstić information content (AvgIpc) is 2.45. The van der Waals surface area contributed by atoms with Crippen LogP contribution in [0.4, 0.5) is 5.82 Å². The van der Waals surface area contributed by atoms with E-state index in [-0.39, 0.29) is 19.8 Å². The number of fused-ring (bicyclic) bond motifs is 1. The fourth-order valence-electron chi connectivity index (χ4n) is 2.15. The first-order valence-electron chi connectivity index (χ1n) is 6.18. The SMILES string of the molecule is OCC(CO)(CO)Nc1ncnc2c1CCCC2. The standard InChI is InChI=1S/C12H19N3O3/c16-5-12(6-17,7-18)15-11-9-3-1-2-4-10(9)13-8-14-11/h8,16-18H,1-7H2,(H,13,14,15). The predicted octanol–water partition coefficient (Wildman–Crippen LogP) is -0.517. The van der Waals surface area contributed by atoms with Crippen LogP contribution in [0.5, 0.6) is 0 Å². The lowest BCUT2D eigenvalue weighted by Crippen LogP contribution is -2.49. The van der Waals surface area contributed by atoms with Crippen molar-refractivity contribution in [1.82, 2.24) is 9.97 Å². The Kier molecular flexibility index (Phi) is 4.11. The maximum absolute atomic E-state index is 9.32. The van der Waals surface area contributed by atoms with Crippen molar-refractivity contribution >= 4 is 5.82 Å². The van der Waals surface area contributed by atoms with Crippen molar-refractivity contribution in [1.29, 1.82) is 0 Å². The Hall–Kier alpha value is -1.24. The smallest absolute Gasteiger partial charge is 0.133 e. The van der Waals surface area contributed by atoms with Crippen LogP contribution < -0.4 is 5.32 Å². The van der Waals surface area contributed by atoms with E-state index in [2.05, 4.69) is 15.3 Å². The summed E-state index contributed by atoms with van der Waals surface area (Å²) in [5, 5.41) is 30.9. The van der Waals surface area contributed by atoms with Crippen LogP contribution >= 0.6 is 0 Å². The van der Waals surface area contributed by atoms with E-state index in [1.54, 1.807) is 0 Å². The molecule has 1 aromatic heterocycles. The summed E-state index contributed by atoms with van der Waals surface area (Å²) in [6.45, 7) is -1.09. The molecule has 18 heavy (non-hydrogen) atoms. The molecule has 0 unspecified atom stereocenters. The maximum atomic E-state index is 9.32. The van der Waals surface area contributed by atoms with Gasteiger partial charge in [-0.15, -0.1) is 0 Å². The highest BCUT2D eigenvalue weighted by molar-refractivity contribution is 5.49. The first-order chi connectivity index (χ1) is 8.74. The van der Waals surface area contributed by atoms with Crippen molar-refractivity contribution < 1.29 is 15.3 Å². The summed E-state index contributed by atoms with van der Waals surface area (Å²) in [5.41, 5.74) is 0.907. The van der Waals surface area contributed by atoms with Gasteiger partial charge in [0, 0.05) is 11.3 Å². The van der Waals surface area contributed by atoms with Crippen molar-refractivity contribution in [2.45, 2.75) is 31.2 Å². The van der Waals surface area contributed by atoms with Crippen LogP contribution in [-0.4, -0.2) is 50.6 Å². The Balaban J connectivity index is 2.28. The van der Waals surface area contributed by atoms with Crippen LogP contribution in [0.1, 0.15) is 24.1 Å². The number of aryl methyl sites for hydroxylation is 1. The second kappa shape index (κ2) is 5.60. The molecule has 100 valence electrons. The van der Waals surface area contributed by atoms with Gasteiger partial charge in [-0.1, -0.05) is 0 Å². The molecular formula is C12H19N3O3. The monoisotopic (exact) mass is 253 g/mol. The minimum atomic E-state index is -1.14. The summed E-state index contributed by atoms with van der Waals surface area (Å²) in [6, 6.07) is 0. The molecule has 6 nitrogen and oxygen atoms in total. The van der Waals surface area contributed by atoms with Crippen molar-refractivity contribution in [3.63, 3.8) is 0 Å². The molecule has 0 bridgehead atoms. The lowest BCUT2D eigenvalue weighted by atomic mass is 9.95. The Bertz CT molecular complexity index is 399. The van der Waals surface area contributed by atoms with Crippen molar-refractivity contribution in [3.8, 4) is 0 Å². The van der Waals surface area contributed by atoms with E-state index in [1.807, 2.05) is 0 Å². The van der Waals surface area contributed by atoms with E-state index in [0.717, 1.165) is 36.9 Å². The average molecular weight is 253 g/mol. The van der Waals surface area contributed by atoms with Gasteiger partial charge in [0.2, 0.25) is 0 Å². The molecule has 6 heteroatoms. The van der Waals surface area contributed by atoms with Gasteiger partial charge in [-0.2, -0.15) is 0 Å². The number of nitrogens with zero attached hydrogens (tertiary/aromatic N) is 2. The minimum absolute atomic E-state index is 0.362. The van der Waals surface area contributed by atoms with Gasteiger partial charge in [0.25, 0.3) is 0 Å². The van der Waals surface area contributed by atoms with Crippen LogP contribution in [0, 0.1) is 0 Å². The number of hydrogen-bond acceptors (Lipinski definition) is 6. The zero-order valence-electron chi connectivity index (χ0n) is 10.3. The molecule has 0 radical (unpaired) electrons. The molecule has 1 aliphatic rings. The van der Waals surface area contributed by atoms with E-state index in [4.69, 9.17) is 0 Å². The fourth-order valence-corrected chi connectivity index (χ4v) is 2.15. The highest BCUT2D eigenvalue weighted by Gasteiger charge is 2.30. The zero-order valence-corrected chi connectivity index (χ0v) is 10.3. The predicted molar refractivity (Wildman–Crippen MR) is 66.3 cm³/mol. The largest absolute Gasteiger partial charge is 0.394 e. The number of aromatic nitrogens is 2. The molecule has 0 amide bonds. The van der Waals surface area contributed by atoms with Crippen molar-refractivity contribution in [3.05, 3.63) is 17.6 Å². The zero-order chi connectivity index (χ0) is 13.0. The Morgan fingerprint density at radius 1 is 1.06 bits per heavy atom. The maximum Gasteiger partial charge on any atom is 0.133 e. The third kappa shape index (κ3) is 2.45. The molecule has 0 atom stereocenters. The number of aliphatic hydroxyl groups excluding tert-OH is 3. The van der Waals surface area contributed by atoms with Gasteiger partial charge in [0.05, 0.1) is 19.8 Å². The summed E-state index contributed by atoms with van der Waals surface area (Å²) in [7, 11) is 0. The Labute approximate surface area is 106 Å². The Morgan fingerprint density at radius 2 is 1.72 bits per heavy atom. The minimum Gasteiger partial charge on any atom is -0.394 e. The second-order valence-corrected chi connectivity index (χ2v) is 4.73. The van der Waals surface area contributed by atoms with E-state index in [1.165, 1.54) is 6.33 Å². The van der Waals surface area contributed by atoms with Crippen molar-refractivity contribution in [2.24, 2.45) is 0 Å². The number of aliphatic hydroxyl groups is 3. The molecule has 1 heterocycles. The highest BCUT2D eigenvalue weighted by Crippen LogP contribution is 2.26. The third-order valence-electron chi connectivity index (χ3n) is 3.42. The normalized spacial score (nSPS) is 15.3. The molecule has 0 saturated carbocycles. The number of nitrogens with one attached hydrogen (secondary N) is 1. The number of hydrogen-bond donors (Lipinski definition) is 4. The van der Waals surface area contributed by atoms with Gasteiger partial charge >= 0.3 is 0 Å². The molecule has 0 aromatic carbocycles. The van der Waals surface area contributed by atoms with E-state index >= 15 is 0 Å². The Morgan fingerprint density at radius 3 is 2.39 bits per heavy atom. The fraction of sp³-hybridized carbons (Fsp3) is 0.667. The summed E-state index contributed by atoms with van der Waals surface area (Å²) in [6.07, 6.45) is 5.49. The molecule has 1 aliphatic carbocycles. The number of anilines is 1. The molecule has 4 N–H and O–H groups in total. The van der Waals surface area contributed by atoms with Gasteiger partial charge in [-0.25, -0.2) is 9.97 Å². The molecular weight excluding hydrogens is 234 g/mol. The highest BCUT2D eigenvalue weighted by atomic mass is 16.3. The van der Waals surface area contributed by atoms with Crippen LogP contribution in [0.2, 0.25) is 0 Å². The second-order valence-electron chi connectivity index (χ2n) is 4.73. The molecule has 0 fully saturated rings. The first-order valence-corrected chi connectivity index (χ1v) is 6.18. The number of rotatable bonds is 5. The van der Waals surface area contributed by atoms with Gasteiger partial charge in [-0.05, 0) is 25.7 Å². The summed E-state index contributed by atoms with van der Waals surface area (Å²) < 4.78 is 0. The molecule has 0 saturated heterocycles. The van der Waals surface area contributed by atoms with Gasteiger partial charge in [0.15, 0.2) is 0 Å². The first kappa shape index (κ1) is 13.2. The van der Waals surface area contributed by atoms with Gasteiger partial charge < -0.3 is 20.6 Å². The molecule has 2 rings (SSSR count). The summed E-state index contributed by atoms with van der Waals surface area (Å²) >= 11 is 0. The quantitative estimate of drug-likeness (QED) is 0.564. The summed E-state index contributed by atoms with van der Waals surface area (Å²) in [5.74, 6) is 0.608. The van der Waals surface area contributed by atoms with Crippen molar-refractivity contribution in [2.75, 3.05) is 25.1 Å². The van der Waals surface area contributed by atoms with Crippen LogP contribution in [0.15, 0.2) is 6.33 Å². The van der Waals surface area contributed by atoms with Gasteiger partial charge in [0.1, 0.15) is 17.7 Å². The lowest BCUT2D eigenvalue weighted by Gasteiger charge is -2.31. The third-order valence-corrected chi connectivity index (χ3v) is 3.42. The van der Waals surface area contributed by atoms with Crippen LogP contribution in [0.25, 0.3) is 0 Å². The van der Waals surface area contributed by atoms with Crippen LogP contribution in [0.3, 0.4) is 0 Å². The molecule has 1 aromatic rings. The molecule has 0 spiro atoms. The lowest BCUT2D eigenvalue weighted by molar-refractivity contribution is 0.0830. The summed E-state index contributed by atoms with van der Waals surface area (Å²) in [4.78, 5) is 8.41.